The minimum absolute atomic E-state index is 0.0588. The standard InChI is InChI=1S/C24H23ClF2N4O2/c1-15-7-10-28-24(25)23(15)31-14-16(3-6-21(31)32)22(19-5-4-17(26)13-20(19)27)29-33-18-8-11-30(2)12-9-18/h3-7,10,13-14,18H,8-9,11-12H2,1-2H3/b29-22-. The smallest absolute Gasteiger partial charge is 0.255 e. The molecule has 4 rings (SSSR count). The summed E-state index contributed by atoms with van der Waals surface area (Å²) in [5.74, 6) is -1.48. The molecule has 0 bridgehead atoms. The number of benzene rings is 1. The van der Waals surface area contributed by atoms with Gasteiger partial charge in [0.25, 0.3) is 5.56 Å². The SMILES string of the molecule is Cc1ccnc(Cl)c1-n1cc(/C(=N/OC2CCN(C)CC2)c2ccc(F)cc2F)ccc1=O. The van der Waals surface area contributed by atoms with Gasteiger partial charge in [0.2, 0.25) is 0 Å². The molecule has 1 fully saturated rings. The van der Waals surface area contributed by atoms with Gasteiger partial charge in [-0.15, -0.1) is 0 Å². The third-order valence-corrected chi connectivity index (χ3v) is 5.93. The Hall–Kier alpha value is -3.10. The summed E-state index contributed by atoms with van der Waals surface area (Å²) in [4.78, 5) is 24.7. The van der Waals surface area contributed by atoms with Gasteiger partial charge in [0.05, 0.1) is 5.69 Å². The minimum Gasteiger partial charge on any atom is -0.392 e. The normalized spacial score (nSPS) is 15.6. The molecule has 33 heavy (non-hydrogen) atoms. The zero-order valence-electron chi connectivity index (χ0n) is 18.3. The van der Waals surface area contributed by atoms with Crippen molar-refractivity contribution in [2.75, 3.05) is 20.1 Å². The average molecular weight is 473 g/mol. The van der Waals surface area contributed by atoms with E-state index in [0.29, 0.717) is 11.3 Å². The van der Waals surface area contributed by atoms with Crippen LogP contribution in [0.2, 0.25) is 5.15 Å². The van der Waals surface area contributed by atoms with Crippen LogP contribution in [0, 0.1) is 18.6 Å². The van der Waals surface area contributed by atoms with Crippen LogP contribution in [0.15, 0.2) is 58.7 Å². The monoisotopic (exact) mass is 472 g/mol. The fourth-order valence-corrected chi connectivity index (χ4v) is 4.06. The Kier molecular flexibility index (Phi) is 6.85. The first-order valence-corrected chi connectivity index (χ1v) is 10.9. The highest BCUT2D eigenvalue weighted by molar-refractivity contribution is 6.31. The second kappa shape index (κ2) is 9.80. The van der Waals surface area contributed by atoms with Crippen LogP contribution >= 0.6 is 11.6 Å². The maximum Gasteiger partial charge on any atom is 0.255 e. The second-order valence-corrected chi connectivity index (χ2v) is 8.42. The molecule has 0 spiro atoms. The fraction of sp³-hybridized carbons (Fsp3) is 0.292. The summed E-state index contributed by atoms with van der Waals surface area (Å²) in [5, 5.41) is 4.44. The molecule has 6 nitrogen and oxygen atoms in total. The molecule has 2 aromatic heterocycles. The molecule has 172 valence electrons. The molecule has 1 aromatic carbocycles. The summed E-state index contributed by atoms with van der Waals surface area (Å²) in [7, 11) is 2.04. The van der Waals surface area contributed by atoms with Crippen LogP contribution in [0.3, 0.4) is 0 Å². The van der Waals surface area contributed by atoms with Gasteiger partial charge in [0, 0.05) is 48.7 Å². The lowest BCUT2D eigenvalue weighted by Gasteiger charge is -2.27. The van der Waals surface area contributed by atoms with Crippen LogP contribution in [0.25, 0.3) is 5.69 Å². The molecule has 9 heteroatoms. The zero-order valence-corrected chi connectivity index (χ0v) is 19.0. The summed E-state index contributed by atoms with van der Waals surface area (Å²) in [6.07, 6.45) is 4.50. The number of nitrogens with zero attached hydrogens (tertiary/aromatic N) is 4. The Bertz CT molecular complexity index is 1230. The molecule has 0 radical (unpaired) electrons. The molecule has 0 amide bonds. The summed E-state index contributed by atoms with van der Waals surface area (Å²) >= 11 is 6.27. The van der Waals surface area contributed by atoms with Gasteiger partial charge in [-0.25, -0.2) is 13.8 Å². The van der Waals surface area contributed by atoms with Gasteiger partial charge in [0.1, 0.15) is 23.5 Å². The van der Waals surface area contributed by atoms with Gasteiger partial charge in [-0.05, 0) is 56.6 Å². The average Bonchev–Trinajstić information content (AvgIpc) is 2.78. The molecule has 1 aliphatic rings. The predicted octanol–water partition coefficient (Wildman–Crippen LogP) is 4.34. The first kappa shape index (κ1) is 23.1. The zero-order chi connectivity index (χ0) is 23.5. The predicted molar refractivity (Wildman–Crippen MR) is 123 cm³/mol. The van der Waals surface area contributed by atoms with Crippen LogP contribution in [0.1, 0.15) is 29.5 Å². The molecule has 0 N–H and O–H groups in total. The van der Waals surface area contributed by atoms with Gasteiger partial charge >= 0.3 is 0 Å². The molecule has 3 aromatic rings. The van der Waals surface area contributed by atoms with Gasteiger partial charge in [-0.2, -0.15) is 0 Å². The summed E-state index contributed by atoms with van der Waals surface area (Å²) in [6.45, 7) is 3.54. The van der Waals surface area contributed by atoms with Crippen molar-refractivity contribution >= 4 is 17.3 Å². The highest BCUT2D eigenvalue weighted by Crippen LogP contribution is 2.23. The van der Waals surface area contributed by atoms with E-state index in [1.807, 2.05) is 7.05 Å². The van der Waals surface area contributed by atoms with E-state index in [2.05, 4.69) is 15.0 Å². The summed E-state index contributed by atoms with van der Waals surface area (Å²) in [6, 6.07) is 7.85. The Morgan fingerprint density at radius 2 is 1.94 bits per heavy atom. The van der Waals surface area contributed by atoms with Gasteiger partial charge in [-0.3, -0.25) is 9.36 Å². The van der Waals surface area contributed by atoms with Crippen molar-refractivity contribution < 1.29 is 13.6 Å². The number of aryl methyl sites for hydroxylation is 1. The fourth-order valence-electron chi connectivity index (χ4n) is 3.77. The van der Waals surface area contributed by atoms with Crippen molar-refractivity contribution in [3.63, 3.8) is 0 Å². The van der Waals surface area contributed by atoms with E-state index in [-0.39, 0.29) is 28.1 Å². The topological polar surface area (TPSA) is 59.7 Å². The van der Waals surface area contributed by atoms with Gasteiger partial charge in [0.15, 0.2) is 5.15 Å². The van der Waals surface area contributed by atoms with Crippen molar-refractivity contribution in [2.45, 2.75) is 25.9 Å². The van der Waals surface area contributed by atoms with Crippen molar-refractivity contribution in [3.05, 3.63) is 92.6 Å². The minimum atomic E-state index is -0.783. The van der Waals surface area contributed by atoms with E-state index in [1.54, 1.807) is 19.2 Å². The number of pyridine rings is 2. The molecule has 0 unspecified atom stereocenters. The Morgan fingerprint density at radius 1 is 1.18 bits per heavy atom. The third kappa shape index (κ3) is 5.12. The number of oxime groups is 1. The number of likely N-dealkylation sites (tertiary alicyclic amines) is 1. The molecule has 1 aliphatic heterocycles. The highest BCUT2D eigenvalue weighted by atomic mass is 35.5. The first-order chi connectivity index (χ1) is 15.8. The molecular formula is C24H23ClF2N4O2. The van der Waals surface area contributed by atoms with Crippen molar-refractivity contribution in [1.82, 2.24) is 14.5 Å². The number of hydrogen-bond acceptors (Lipinski definition) is 5. The van der Waals surface area contributed by atoms with Crippen molar-refractivity contribution in [1.29, 1.82) is 0 Å². The third-order valence-electron chi connectivity index (χ3n) is 5.65. The lowest BCUT2D eigenvalue weighted by Crippen LogP contribution is -2.33. The summed E-state index contributed by atoms with van der Waals surface area (Å²) in [5.41, 5.74) is 1.44. The van der Waals surface area contributed by atoms with Crippen LogP contribution < -0.4 is 5.56 Å². The maximum absolute atomic E-state index is 14.8. The maximum atomic E-state index is 14.8. The molecule has 1 saturated heterocycles. The van der Waals surface area contributed by atoms with Gasteiger partial charge < -0.3 is 9.74 Å². The lowest BCUT2D eigenvalue weighted by molar-refractivity contribution is 0.0163. The van der Waals surface area contributed by atoms with Crippen LogP contribution in [-0.4, -0.2) is 46.4 Å². The Labute approximate surface area is 195 Å². The van der Waals surface area contributed by atoms with Crippen molar-refractivity contribution in [3.8, 4) is 5.69 Å². The second-order valence-electron chi connectivity index (χ2n) is 8.07. The van der Waals surface area contributed by atoms with E-state index in [9.17, 15) is 13.6 Å². The number of aromatic nitrogens is 2. The van der Waals surface area contributed by atoms with Crippen LogP contribution in [-0.2, 0) is 4.84 Å². The van der Waals surface area contributed by atoms with E-state index in [4.69, 9.17) is 16.4 Å². The van der Waals surface area contributed by atoms with E-state index in [0.717, 1.165) is 43.6 Å². The number of hydrogen-bond donors (Lipinski definition) is 0. The number of rotatable bonds is 5. The Balaban J connectivity index is 1.80. The van der Waals surface area contributed by atoms with Crippen LogP contribution in [0.4, 0.5) is 8.78 Å². The van der Waals surface area contributed by atoms with E-state index >= 15 is 0 Å². The molecule has 3 heterocycles. The Morgan fingerprint density at radius 3 is 2.64 bits per heavy atom. The molecule has 0 aliphatic carbocycles. The quantitative estimate of drug-likeness (QED) is 0.315. The number of piperidine rings is 1. The summed E-state index contributed by atoms with van der Waals surface area (Å²) < 4.78 is 29.7. The highest BCUT2D eigenvalue weighted by Gasteiger charge is 2.21. The van der Waals surface area contributed by atoms with E-state index < -0.39 is 11.6 Å². The first-order valence-electron chi connectivity index (χ1n) is 10.6. The lowest BCUT2D eigenvalue weighted by atomic mass is 10.0. The van der Waals surface area contributed by atoms with Gasteiger partial charge in [-0.1, -0.05) is 16.8 Å². The molecule has 0 saturated carbocycles. The van der Waals surface area contributed by atoms with Crippen LogP contribution in [0.5, 0.6) is 0 Å². The molecular weight excluding hydrogens is 450 g/mol. The van der Waals surface area contributed by atoms with E-state index in [1.165, 1.54) is 29.0 Å². The van der Waals surface area contributed by atoms with Crippen molar-refractivity contribution in [2.24, 2.45) is 5.16 Å². The number of halogens is 3. The molecule has 0 atom stereocenters. The largest absolute Gasteiger partial charge is 0.392 e.